The van der Waals surface area contributed by atoms with Crippen LogP contribution in [0.1, 0.15) is 39.0 Å². The van der Waals surface area contributed by atoms with Gasteiger partial charge in [0.05, 0.1) is 5.54 Å². The first-order valence-corrected chi connectivity index (χ1v) is 7.76. The van der Waals surface area contributed by atoms with Crippen LogP contribution in [-0.4, -0.2) is 21.3 Å². The molecule has 4 fully saturated rings. The summed E-state index contributed by atoms with van der Waals surface area (Å²) in [4.78, 5) is 4.15. The molecule has 0 saturated heterocycles. The van der Waals surface area contributed by atoms with E-state index in [1.165, 1.54) is 32.1 Å². The molecule has 0 amide bonds. The van der Waals surface area contributed by atoms with Crippen LogP contribution in [-0.2, 0) is 5.54 Å². The van der Waals surface area contributed by atoms with Gasteiger partial charge in [-0.2, -0.15) is 5.10 Å². The molecule has 1 heterocycles. The van der Waals surface area contributed by atoms with E-state index in [4.69, 9.17) is 5.73 Å². The van der Waals surface area contributed by atoms with E-state index in [-0.39, 0.29) is 5.54 Å². The molecule has 0 radical (unpaired) electrons. The van der Waals surface area contributed by atoms with Crippen molar-refractivity contribution in [2.75, 3.05) is 6.54 Å². The van der Waals surface area contributed by atoms with Gasteiger partial charge in [0.2, 0.25) is 0 Å². The highest BCUT2D eigenvalue weighted by atomic mass is 15.4. The Morgan fingerprint density at radius 1 is 1.16 bits per heavy atom. The molecule has 2 N–H and O–H groups in total. The van der Waals surface area contributed by atoms with Crippen molar-refractivity contribution in [2.45, 2.75) is 44.6 Å². The first kappa shape index (κ1) is 11.9. The number of hydrogen-bond acceptors (Lipinski definition) is 3. The molecule has 4 saturated carbocycles. The second-order valence-corrected chi connectivity index (χ2v) is 7.36. The van der Waals surface area contributed by atoms with Crippen LogP contribution in [0.4, 0.5) is 0 Å². The van der Waals surface area contributed by atoms with E-state index < -0.39 is 0 Å². The predicted molar refractivity (Wildman–Crippen MR) is 73.3 cm³/mol. The monoisotopic (exact) mass is 260 g/mol. The van der Waals surface area contributed by atoms with Crippen molar-refractivity contribution in [3.8, 4) is 0 Å². The Kier molecular flexibility index (Phi) is 2.53. The molecule has 4 heteroatoms. The van der Waals surface area contributed by atoms with Crippen LogP contribution >= 0.6 is 0 Å². The summed E-state index contributed by atoms with van der Waals surface area (Å²) in [5.74, 6) is 4.46. The standard InChI is InChI=1S/C15H24N4/c1-15(7-16,19-9-17-8-18-19)14-12-3-10-2-11(5-12)6-13(14)4-10/h8-14H,2-7,16H2,1H3. The molecule has 104 valence electrons. The van der Waals surface area contributed by atoms with Gasteiger partial charge in [0.25, 0.3) is 0 Å². The van der Waals surface area contributed by atoms with Crippen molar-refractivity contribution in [3.63, 3.8) is 0 Å². The molecular formula is C15H24N4. The average Bonchev–Trinajstić information content (AvgIpc) is 2.91. The van der Waals surface area contributed by atoms with Gasteiger partial charge in [0, 0.05) is 6.54 Å². The Labute approximate surface area is 114 Å². The minimum Gasteiger partial charge on any atom is -0.328 e. The molecule has 19 heavy (non-hydrogen) atoms. The van der Waals surface area contributed by atoms with E-state index in [0.717, 1.165) is 23.7 Å². The van der Waals surface area contributed by atoms with Gasteiger partial charge in [-0.3, -0.25) is 0 Å². The SMILES string of the molecule is CC(CN)(C1C2CC3CC(C2)CC1C3)n1cncn1. The molecule has 1 atom stereocenters. The summed E-state index contributed by atoms with van der Waals surface area (Å²) in [5, 5.41) is 4.42. The zero-order valence-electron chi connectivity index (χ0n) is 11.7. The lowest BCUT2D eigenvalue weighted by molar-refractivity contribution is -0.0870. The van der Waals surface area contributed by atoms with Crippen molar-refractivity contribution in [2.24, 2.45) is 35.3 Å². The molecule has 0 aromatic carbocycles. The van der Waals surface area contributed by atoms with Gasteiger partial charge in [-0.15, -0.1) is 0 Å². The number of nitrogens with zero attached hydrogens (tertiary/aromatic N) is 3. The topological polar surface area (TPSA) is 56.7 Å². The smallest absolute Gasteiger partial charge is 0.137 e. The highest BCUT2D eigenvalue weighted by Crippen LogP contribution is 2.60. The molecule has 1 aromatic heterocycles. The van der Waals surface area contributed by atoms with E-state index in [2.05, 4.69) is 17.0 Å². The zero-order valence-corrected chi connectivity index (χ0v) is 11.7. The Morgan fingerprint density at radius 3 is 2.26 bits per heavy atom. The van der Waals surface area contributed by atoms with Gasteiger partial charge in [-0.05, 0) is 68.6 Å². The highest BCUT2D eigenvalue weighted by Gasteiger charge is 2.54. The van der Waals surface area contributed by atoms with Crippen LogP contribution in [0.2, 0.25) is 0 Å². The maximum absolute atomic E-state index is 6.19. The van der Waals surface area contributed by atoms with Crippen LogP contribution in [0.3, 0.4) is 0 Å². The lowest BCUT2D eigenvalue weighted by atomic mass is 9.48. The van der Waals surface area contributed by atoms with Gasteiger partial charge in [0.15, 0.2) is 0 Å². The molecule has 4 aliphatic carbocycles. The fraction of sp³-hybridized carbons (Fsp3) is 0.867. The minimum atomic E-state index is -0.0425. The lowest BCUT2D eigenvalue weighted by Gasteiger charge is -2.59. The molecule has 1 aromatic rings. The van der Waals surface area contributed by atoms with Gasteiger partial charge in [-0.1, -0.05) is 0 Å². The fourth-order valence-electron chi connectivity index (χ4n) is 5.80. The van der Waals surface area contributed by atoms with E-state index in [1.807, 2.05) is 11.0 Å². The van der Waals surface area contributed by atoms with E-state index >= 15 is 0 Å². The van der Waals surface area contributed by atoms with Crippen LogP contribution in [0, 0.1) is 29.6 Å². The van der Waals surface area contributed by atoms with Crippen LogP contribution < -0.4 is 5.73 Å². The molecule has 4 aliphatic rings. The summed E-state index contributed by atoms with van der Waals surface area (Å²) < 4.78 is 2.04. The van der Waals surface area contributed by atoms with Crippen molar-refractivity contribution >= 4 is 0 Å². The molecule has 4 nitrogen and oxygen atoms in total. The van der Waals surface area contributed by atoms with Crippen molar-refractivity contribution < 1.29 is 0 Å². The number of rotatable bonds is 3. The van der Waals surface area contributed by atoms with Crippen molar-refractivity contribution in [3.05, 3.63) is 12.7 Å². The maximum Gasteiger partial charge on any atom is 0.137 e. The zero-order chi connectivity index (χ0) is 13.0. The number of nitrogens with two attached hydrogens (primary N) is 1. The summed E-state index contributed by atoms with van der Waals surface area (Å²) in [6.07, 6.45) is 10.7. The predicted octanol–water partition coefficient (Wildman–Crippen LogP) is 2.02. The second kappa shape index (κ2) is 4.05. The first-order chi connectivity index (χ1) is 9.20. The number of hydrogen-bond donors (Lipinski definition) is 1. The lowest BCUT2D eigenvalue weighted by Crippen LogP contribution is -2.57. The Bertz CT molecular complexity index is 427. The Hall–Kier alpha value is -0.900. The molecule has 0 aliphatic heterocycles. The fourth-order valence-corrected chi connectivity index (χ4v) is 5.80. The molecular weight excluding hydrogens is 236 g/mol. The van der Waals surface area contributed by atoms with Crippen molar-refractivity contribution in [1.82, 2.24) is 14.8 Å². The quantitative estimate of drug-likeness (QED) is 0.904. The van der Waals surface area contributed by atoms with Gasteiger partial charge in [0.1, 0.15) is 12.7 Å². The second-order valence-electron chi connectivity index (χ2n) is 7.36. The van der Waals surface area contributed by atoms with Crippen LogP contribution in [0.15, 0.2) is 12.7 Å². The normalized spacial score (nSPS) is 43.4. The summed E-state index contributed by atoms with van der Waals surface area (Å²) in [7, 11) is 0. The third-order valence-corrected chi connectivity index (χ3v) is 6.30. The third-order valence-electron chi connectivity index (χ3n) is 6.30. The van der Waals surface area contributed by atoms with E-state index in [1.54, 1.807) is 6.33 Å². The summed E-state index contributed by atoms with van der Waals surface area (Å²) in [5.41, 5.74) is 6.15. The van der Waals surface area contributed by atoms with Gasteiger partial charge < -0.3 is 5.73 Å². The number of aromatic nitrogens is 3. The first-order valence-electron chi connectivity index (χ1n) is 7.76. The van der Waals surface area contributed by atoms with Crippen molar-refractivity contribution in [1.29, 1.82) is 0 Å². The summed E-state index contributed by atoms with van der Waals surface area (Å²) in [6.45, 7) is 2.97. The van der Waals surface area contributed by atoms with Gasteiger partial charge >= 0.3 is 0 Å². The van der Waals surface area contributed by atoms with E-state index in [0.29, 0.717) is 12.5 Å². The third kappa shape index (κ3) is 1.62. The van der Waals surface area contributed by atoms with E-state index in [9.17, 15) is 0 Å². The molecule has 1 unspecified atom stereocenters. The average molecular weight is 260 g/mol. The maximum atomic E-state index is 6.19. The highest BCUT2D eigenvalue weighted by molar-refractivity contribution is 5.05. The van der Waals surface area contributed by atoms with Gasteiger partial charge in [-0.25, -0.2) is 9.67 Å². The summed E-state index contributed by atoms with van der Waals surface area (Å²) >= 11 is 0. The Morgan fingerprint density at radius 2 is 1.79 bits per heavy atom. The largest absolute Gasteiger partial charge is 0.328 e. The molecule has 5 rings (SSSR count). The molecule has 0 spiro atoms. The minimum absolute atomic E-state index is 0.0425. The molecule has 4 bridgehead atoms. The van der Waals surface area contributed by atoms with Crippen LogP contribution in [0.25, 0.3) is 0 Å². The summed E-state index contributed by atoms with van der Waals surface area (Å²) in [6, 6.07) is 0. The van der Waals surface area contributed by atoms with Crippen LogP contribution in [0.5, 0.6) is 0 Å². The Balaban J connectivity index is 1.71.